The van der Waals surface area contributed by atoms with Gasteiger partial charge in [-0.2, -0.15) is 4.98 Å². The van der Waals surface area contributed by atoms with Crippen LogP contribution in [0.3, 0.4) is 0 Å². The van der Waals surface area contributed by atoms with Crippen molar-refractivity contribution in [1.29, 1.82) is 0 Å². The molecule has 2 aromatic rings. The van der Waals surface area contributed by atoms with Gasteiger partial charge in [0.25, 0.3) is 0 Å². The predicted octanol–water partition coefficient (Wildman–Crippen LogP) is 1.89. The Balaban J connectivity index is 2.20. The lowest BCUT2D eigenvalue weighted by molar-refractivity contribution is 0.355. The van der Waals surface area contributed by atoms with E-state index in [-0.39, 0.29) is 11.7 Å². The van der Waals surface area contributed by atoms with Crippen LogP contribution >= 0.6 is 0 Å². The van der Waals surface area contributed by atoms with E-state index < -0.39 is 0 Å². The smallest absolute Gasteiger partial charge is 0.229 e. The van der Waals surface area contributed by atoms with Crippen LogP contribution in [-0.2, 0) is 0 Å². The molecule has 0 fully saturated rings. The van der Waals surface area contributed by atoms with E-state index in [0.717, 1.165) is 12.0 Å². The van der Waals surface area contributed by atoms with Crippen molar-refractivity contribution in [2.45, 2.75) is 19.3 Å². The molecule has 0 aliphatic rings. The van der Waals surface area contributed by atoms with Gasteiger partial charge < -0.3 is 15.4 Å². The Hall–Kier alpha value is -1.88. The summed E-state index contributed by atoms with van der Waals surface area (Å²) < 4.78 is 5.18. The highest BCUT2D eigenvalue weighted by Crippen LogP contribution is 2.22. The molecule has 0 amide bonds. The lowest BCUT2D eigenvalue weighted by Gasteiger charge is -2.01. The Labute approximate surface area is 99.3 Å². The van der Waals surface area contributed by atoms with Gasteiger partial charge in [-0.15, -0.1) is 0 Å². The van der Waals surface area contributed by atoms with Crippen molar-refractivity contribution in [2.75, 3.05) is 6.54 Å². The highest BCUT2D eigenvalue weighted by Gasteiger charge is 2.14. The number of nitrogens with two attached hydrogens (primary N) is 1. The van der Waals surface area contributed by atoms with Gasteiger partial charge in [0, 0.05) is 11.5 Å². The van der Waals surface area contributed by atoms with Gasteiger partial charge in [-0.1, -0.05) is 12.1 Å². The molecule has 1 heterocycles. The molecule has 1 unspecified atom stereocenters. The van der Waals surface area contributed by atoms with Crippen molar-refractivity contribution in [1.82, 2.24) is 10.1 Å². The monoisotopic (exact) mass is 233 g/mol. The van der Waals surface area contributed by atoms with Gasteiger partial charge in [-0.3, -0.25) is 0 Å². The molecule has 0 radical (unpaired) electrons. The van der Waals surface area contributed by atoms with Gasteiger partial charge >= 0.3 is 0 Å². The van der Waals surface area contributed by atoms with Crippen LogP contribution in [0, 0.1) is 0 Å². The summed E-state index contributed by atoms with van der Waals surface area (Å²) in [6, 6.07) is 6.68. The van der Waals surface area contributed by atoms with E-state index in [1.165, 1.54) is 0 Å². The topological polar surface area (TPSA) is 85.2 Å². The van der Waals surface area contributed by atoms with E-state index in [4.69, 9.17) is 10.3 Å². The van der Waals surface area contributed by atoms with E-state index in [9.17, 15) is 5.11 Å². The zero-order chi connectivity index (χ0) is 12.3. The first kappa shape index (κ1) is 11.6. The quantitative estimate of drug-likeness (QED) is 0.842. The summed E-state index contributed by atoms with van der Waals surface area (Å²) in [6.07, 6.45) is 0.817. The molecular weight excluding hydrogens is 218 g/mol. The van der Waals surface area contributed by atoms with Crippen molar-refractivity contribution < 1.29 is 9.63 Å². The molecule has 0 saturated carbocycles. The fraction of sp³-hybridized carbons (Fsp3) is 0.333. The Morgan fingerprint density at radius 2 is 2.06 bits per heavy atom. The molecule has 0 aliphatic heterocycles. The van der Waals surface area contributed by atoms with Crippen LogP contribution in [0.1, 0.15) is 25.2 Å². The van der Waals surface area contributed by atoms with Gasteiger partial charge in [0.2, 0.25) is 11.7 Å². The van der Waals surface area contributed by atoms with Crippen LogP contribution in [0.15, 0.2) is 28.8 Å². The maximum absolute atomic E-state index is 9.19. The van der Waals surface area contributed by atoms with Crippen molar-refractivity contribution in [3.05, 3.63) is 30.2 Å². The molecule has 2 rings (SSSR count). The predicted molar refractivity (Wildman–Crippen MR) is 63.5 cm³/mol. The molecule has 1 aromatic heterocycles. The highest BCUT2D eigenvalue weighted by molar-refractivity contribution is 5.55. The van der Waals surface area contributed by atoms with Crippen LogP contribution in [0.4, 0.5) is 0 Å². The zero-order valence-corrected chi connectivity index (χ0v) is 9.63. The van der Waals surface area contributed by atoms with Crippen LogP contribution in [0.25, 0.3) is 11.4 Å². The molecule has 0 aliphatic carbocycles. The second-order valence-corrected chi connectivity index (χ2v) is 3.98. The first-order valence-corrected chi connectivity index (χ1v) is 5.54. The second-order valence-electron chi connectivity index (χ2n) is 3.98. The summed E-state index contributed by atoms with van der Waals surface area (Å²) in [5, 5.41) is 13.1. The van der Waals surface area contributed by atoms with E-state index >= 15 is 0 Å². The molecule has 5 nitrogen and oxygen atoms in total. The molecular formula is C12H15N3O2. The Morgan fingerprint density at radius 1 is 1.35 bits per heavy atom. The van der Waals surface area contributed by atoms with E-state index in [2.05, 4.69) is 10.1 Å². The van der Waals surface area contributed by atoms with Crippen molar-refractivity contribution in [3.8, 4) is 17.1 Å². The van der Waals surface area contributed by atoms with Crippen LogP contribution in [0.5, 0.6) is 5.75 Å². The van der Waals surface area contributed by atoms with Crippen LogP contribution in [-0.4, -0.2) is 21.8 Å². The molecule has 3 N–H and O–H groups in total. The zero-order valence-electron chi connectivity index (χ0n) is 9.63. The Morgan fingerprint density at radius 3 is 2.71 bits per heavy atom. The number of benzene rings is 1. The van der Waals surface area contributed by atoms with Crippen LogP contribution < -0.4 is 5.73 Å². The number of aromatic hydroxyl groups is 1. The SMILES string of the molecule is CC(CCN)c1nc(-c2ccc(O)cc2)no1. The molecule has 90 valence electrons. The molecule has 0 spiro atoms. The summed E-state index contributed by atoms with van der Waals surface area (Å²) in [5.41, 5.74) is 6.30. The van der Waals surface area contributed by atoms with Gasteiger partial charge in [-0.05, 0) is 37.2 Å². The number of hydrogen-bond donors (Lipinski definition) is 2. The normalized spacial score (nSPS) is 12.6. The number of phenols is 1. The summed E-state index contributed by atoms with van der Waals surface area (Å²) in [7, 11) is 0. The summed E-state index contributed by atoms with van der Waals surface area (Å²) in [4.78, 5) is 4.31. The molecule has 0 bridgehead atoms. The number of rotatable bonds is 4. The number of nitrogens with zero attached hydrogens (tertiary/aromatic N) is 2. The average Bonchev–Trinajstić information content (AvgIpc) is 2.80. The number of aromatic nitrogens is 2. The van der Waals surface area contributed by atoms with E-state index in [1.54, 1.807) is 24.3 Å². The minimum absolute atomic E-state index is 0.165. The molecule has 17 heavy (non-hydrogen) atoms. The minimum Gasteiger partial charge on any atom is -0.508 e. The van der Waals surface area contributed by atoms with Gasteiger partial charge in [0.15, 0.2) is 0 Å². The molecule has 5 heteroatoms. The molecule has 1 aromatic carbocycles. The highest BCUT2D eigenvalue weighted by atomic mass is 16.5. The lowest BCUT2D eigenvalue weighted by atomic mass is 10.1. The largest absolute Gasteiger partial charge is 0.508 e. The fourth-order valence-corrected chi connectivity index (χ4v) is 1.54. The third-order valence-electron chi connectivity index (χ3n) is 2.59. The maximum Gasteiger partial charge on any atom is 0.229 e. The van der Waals surface area contributed by atoms with E-state index in [1.807, 2.05) is 6.92 Å². The average molecular weight is 233 g/mol. The van der Waals surface area contributed by atoms with Crippen molar-refractivity contribution in [2.24, 2.45) is 5.73 Å². The third-order valence-corrected chi connectivity index (χ3v) is 2.59. The molecule has 1 atom stereocenters. The van der Waals surface area contributed by atoms with Gasteiger partial charge in [-0.25, -0.2) is 0 Å². The Bertz CT molecular complexity index is 479. The van der Waals surface area contributed by atoms with Crippen molar-refractivity contribution in [3.63, 3.8) is 0 Å². The second kappa shape index (κ2) is 4.97. The van der Waals surface area contributed by atoms with Gasteiger partial charge in [0.05, 0.1) is 0 Å². The Kier molecular flexibility index (Phi) is 3.39. The summed E-state index contributed by atoms with van der Waals surface area (Å²) >= 11 is 0. The first-order valence-electron chi connectivity index (χ1n) is 5.54. The van der Waals surface area contributed by atoms with Crippen molar-refractivity contribution >= 4 is 0 Å². The summed E-state index contributed by atoms with van der Waals surface area (Å²) in [6.45, 7) is 2.60. The number of hydrogen-bond acceptors (Lipinski definition) is 5. The van der Waals surface area contributed by atoms with E-state index in [0.29, 0.717) is 18.3 Å². The minimum atomic E-state index is 0.165. The standard InChI is InChI=1S/C12H15N3O2/c1-8(6-7-13)12-14-11(15-17-12)9-2-4-10(16)5-3-9/h2-5,8,16H,6-7,13H2,1H3. The van der Waals surface area contributed by atoms with Gasteiger partial charge in [0.1, 0.15) is 5.75 Å². The third kappa shape index (κ3) is 2.62. The first-order chi connectivity index (χ1) is 8.20. The lowest BCUT2D eigenvalue weighted by Crippen LogP contribution is -2.04. The number of phenolic OH excluding ortho intramolecular Hbond substituents is 1. The fourth-order valence-electron chi connectivity index (χ4n) is 1.54. The maximum atomic E-state index is 9.19. The van der Waals surface area contributed by atoms with Crippen LogP contribution in [0.2, 0.25) is 0 Å². The molecule has 0 saturated heterocycles. The summed E-state index contributed by atoms with van der Waals surface area (Å²) in [5.74, 6) is 1.51.